The number of Topliss-reactive ketones (excluding diaryl/α,β-unsaturated/α-hetero) is 1. The number of alkyl halides is 2. The van der Waals surface area contributed by atoms with E-state index in [1.54, 1.807) is 19.2 Å². The Kier molecular flexibility index (Phi) is 4.26. The van der Waals surface area contributed by atoms with E-state index >= 15 is 0 Å². The second-order valence-corrected chi connectivity index (χ2v) is 7.19. The van der Waals surface area contributed by atoms with Crippen LogP contribution in [0.15, 0.2) is 35.5 Å². The Morgan fingerprint density at radius 3 is 2.44 bits per heavy atom. The first-order valence-electron chi connectivity index (χ1n) is 8.03. The molecule has 1 aliphatic heterocycles. The van der Waals surface area contributed by atoms with Crippen molar-refractivity contribution in [3.05, 3.63) is 41.1 Å². The molecule has 2 aliphatic rings. The Morgan fingerprint density at radius 1 is 1.20 bits per heavy atom. The van der Waals surface area contributed by atoms with Crippen molar-refractivity contribution in [1.82, 2.24) is 10.2 Å². The Balaban J connectivity index is 1.99. The molecule has 2 amide bonds. The van der Waals surface area contributed by atoms with E-state index in [-0.39, 0.29) is 23.0 Å². The zero-order valence-corrected chi connectivity index (χ0v) is 14.3. The second-order valence-electron chi connectivity index (χ2n) is 7.19. The van der Waals surface area contributed by atoms with E-state index in [1.807, 2.05) is 13.8 Å². The van der Waals surface area contributed by atoms with Gasteiger partial charge in [-0.25, -0.2) is 4.79 Å². The van der Waals surface area contributed by atoms with Gasteiger partial charge in [-0.2, -0.15) is 8.78 Å². The van der Waals surface area contributed by atoms with Gasteiger partial charge in [-0.15, -0.1) is 0 Å². The predicted octanol–water partition coefficient (Wildman–Crippen LogP) is 3.63. The third-order valence-electron chi connectivity index (χ3n) is 4.60. The van der Waals surface area contributed by atoms with Crippen molar-refractivity contribution in [2.75, 3.05) is 7.05 Å². The minimum Gasteiger partial charge on any atom is -0.435 e. The highest BCUT2D eigenvalue weighted by Crippen LogP contribution is 2.43. The maximum absolute atomic E-state index is 12.7. The lowest BCUT2D eigenvalue weighted by Gasteiger charge is -2.42. The van der Waals surface area contributed by atoms with Crippen LogP contribution in [0, 0.1) is 5.41 Å². The van der Waals surface area contributed by atoms with Gasteiger partial charge in [0.15, 0.2) is 5.78 Å². The van der Waals surface area contributed by atoms with Crippen LogP contribution in [-0.2, 0) is 4.79 Å². The summed E-state index contributed by atoms with van der Waals surface area (Å²) < 4.78 is 28.9. The van der Waals surface area contributed by atoms with Crippen LogP contribution in [-0.4, -0.2) is 30.4 Å². The van der Waals surface area contributed by atoms with Crippen LogP contribution in [0.4, 0.5) is 13.6 Å². The van der Waals surface area contributed by atoms with Crippen LogP contribution in [0.25, 0.3) is 0 Å². The molecule has 0 aromatic heterocycles. The zero-order chi connectivity index (χ0) is 18.4. The molecule has 25 heavy (non-hydrogen) atoms. The van der Waals surface area contributed by atoms with Gasteiger partial charge in [-0.05, 0) is 29.5 Å². The SMILES string of the molecule is CN1C(=O)N[C@@H](c2ccc(OC(F)F)cc2)C2=C1CC(C)(C)CC2=O. The highest BCUT2D eigenvalue weighted by Gasteiger charge is 2.42. The van der Waals surface area contributed by atoms with E-state index < -0.39 is 12.7 Å². The van der Waals surface area contributed by atoms with Gasteiger partial charge in [0.2, 0.25) is 0 Å². The first kappa shape index (κ1) is 17.4. The molecule has 1 N–H and O–H groups in total. The molecule has 5 nitrogen and oxygen atoms in total. The summed E-state index contributed by atoms with van der Waals surface area (Å²) in [4.78, 5) is 26.5. The largest absolute Gasteiger partial charge is 0.435 e. The average molecular weight is 350 g/mol. The molecule has 134 valence electrons. The molecule has 0 radical (unpaired) electrons. The molecule has 1 heterocycles. The molecule has 0 unspecified atom stereocenters. The van der Waals surface area contributed by atoms with Gasteiger partial charge >= 0.3 is 12.6 Å². The number of nitrogens with one attached hydrogen (secondary N) is 1. The molecule has 1 aromatic carbocycles. The van der Waals surface area contributed by atoms with E-state index in [4.69, 9.17) is 0 Å². The molecule has 3 rings (SSSR count). The number of hydrogen-bond donors (Lipinski definition) is 1. The molecule has 1 aromatic rings. The first-order valence-corrected chi connectivity index (χ1v) is 8.03. The zero-order valence-electron chi connectivity index (χ0n) is 14.3. The summed E-state index contributed by atoms with van der Waals surface area (Å²) in [5.74, 6) is 0.0271. The third kappa shape index (κ3) is 3.36. The van der Waals surface area contributed by atoms with Gasteiger partial charge in [-0.1, -0.05) is 26.0 Å². The van der Waals surface area contributed by atoms with Crippen LogP contribution < -0.4 is 10.1 Å². The number of benzene rings is 1. The lowest BCUT2D eigenvalue weighted by Crippen LogP contribution is -2.49. The van der Waals surface area contributed by atoms with Crippen LogP contribution in [0.5, 0.6) is 5.75 Å². The fourth-order valence-electron chi connectivity index (χ4n) is 3.44. The molecule has 0 saturated heterocycles. The van der Waals surface area contributed by atoms with Crippen molar-refractivity contribution in [1.29, 1.82) is 0 Å². The number of nitrogens with zero attached hydrogens (tertiary/aromatic N) is 1. The number of rotatable bonds is 3. The van der Waals surface area contributed by atoms with Crippen LogP contribution in [0.2, 0.25) is 0 Å². The molecular weight excluding hydrogens is 330 g/mol. The minimum atomic E-state index is -2.90. The highest BCUT2D eigenvalue weighted by atomic mass is 19.3. The maximum atomic E-state index is 12.7. The van der Waals surface area contributed by atoms with Gasteiger partial charge in [0.1, 0.15) is 5.75 Å². The van der Waals surface area contributed by atoms with Crippen molar-refractivity contribution in [3.8, 4) is 5.75 Å². The van der Waals surface area contributed by atoms with E-state index in [0.29, 0.717) is 24.0 Å². The normalized spacial score (nSPS) is 22.8. The Labute approximate surface area is 144 Å². The van der Waals surface area contributed by atoms with Gasteiger partial charge in [0.25, 0.3) is 0 Å². The number of carbonyl (C=O) groups is 2. The number of ether oxygens (including phenoxy) is 1. The summed E-state index contributed by atoms with van der Waals surface area (Å²) in [6.07, 6.45) is 1.03. The summed E-state index contributed by atoms with van der Waals surface area (Å²) in [6.45, 7) is 1.10. The van der Waals surface area contributed by atoms with E-state index in [2.05, 4.69) is 10.1 Å². The van der Waals surface area contributed by atoms with Crippen molar-refractivity contribution >= 4 is 11.8 Å². The molecule has 1 atom stereocenters. The fourth-order valence-corrected chi connectivity index (χ4v) is 3.44. The molecule has 7 heteroatoms. The number of carbonyl (C=O) groups excluding carboxylic acids is 2. The summed E-state index contributed by atoms with van der Waals surface area (Å²) in [5.41, 5.74) is 1.75. The lowest BCUT2D eigenvalue weighted by molar-refractivity contribution is -0.118. The van der Waals surface area contributed by atoms with Crippen molar-refractivity contribution in [2.45, 2.75) is 39.3 Å². The van der Waals surface area contributed by atoms with Gasteiger partial charge in [-0.3, -0.25) is 4.79 Å². The smallest absolute Gasteiger partial charge is 0.387 e. The Morgan fingerprint density at radius 2 is 1.84 bits per heavy atom. The summed E-state index contributed by atoms with van der Waals surface area (Å²) in [6, 6.07) is 5.12. The Hall–Kier alpha value is -2.44. The molecule has 0 bridgehead atoms. The summed E-state index contributed by atoms with van der Waals surface area (Å²) >= 11 is 0. The monoisotopic (exact) mass is 350 g/mol. The standard InChI is InChI=1S/C18H20F2N2O3/c1-18(2)8-12-14(13(23)9-18)15(21-17(24)22(12)3)10-4-6-11(7-5-10)25-16(19)20/h4-7,15-16H,8-9H2,1-3H3,(H,21,24)/t15-/m0/s1. The molecule has 0 spiro atoms. The number of urea groups is 1. The predicted molar refractivity (Wildman–Crippen MR) is 87.2 cm³/mol. The van der Waals surface area contributed by atoms with Crippen molar-refractivity contribution in [2.24, 2.45) is 5.41 Å². The quantitative estimate of drug-likeness (QED) is 0.906. The number of ketones is 1. The van der Waals surface area contributed by atoms with Gasteiger partial charge in [0.05, 0.1) is 6.04 Å². The second kappa shape index (κ2) is 6.13. The molecular formula is C18H20F2N2O3. The fraction of sp³-hybridized carbons (Fsp3) is 0.444. The molecule has 0 saturated carbocycles. The maximum Gasteiger partial charge on any atom is 0.387 e. The minimum absolute atomic E-state index is 0.00370. The topological polar surface area (TPSA) is 58.6 Å². The highest BCUT2D eigenvalue weighted by molar-refractivity contribution is 6.01. The van der Waals surface area contributed by atoms with Crippen LogP contribution in [0.3, 0.4) is 0 Å². The van der Waals surface area contributed by atoms with E-state index in [1.165, 1.54) is 17.0 Å². The van der Waals surface area contributed by atoms with E-state index in [9.17, 15) is 18.4 Å². The molecule has 0 fully saturated rings. The molecule has 1 aliphatic carbocycles. The number of hydrogen-bond acceptors (Lipinski definition) is 3. The average Bonchev–Trinajstić information content (AvgIpc) is 2.50. The number of halogens is 2. The summed E-state index contributed by atoms with van der Waals surface area (Å²) in [7, 11) is 1.65. The van der Waals surface area contributed by atoms with Gasteiger partial charge < -0.3 is 15.0 Å². The van der Waals surface area contributed by atoms with Crippen LogP contribution in [0.1, 0.15) is 38.3 Å². The number of amides is 2. The first-order chi connectivity index (χ1) is 11.7. The van der Waals surface area contributed by atoms with E-state index in [0.717, 1.165) is 5.70 Å². The number of allylic oxidation sites excluding steroid dienone is 1. The Bertz CT molecular complexity index is 741. The van der Waals surface area contributed by atoms with Crippen molar-refractivity contribution in [3.63, 3.8) is 0 Å². The third-order valence-corrected chi connectivity index (χ3v) is 4.60. The van der Waals surface area contributed by atoms with Crippen molar-refractivity contribution < 1.29 is 23.1 Å². The van der Waals surface area contributed by atoms with Gasteiger partial charge in [0, 0.05) is 24.7 Å². The summed E-state index contributed by atoms with van der Waals surface area (Å²) in [5, 5.41) is 2.82. The lowest BCUT2D eigenvalue weighted by atomic mass is 9.72. The van der Waals surface area contributed by atoms with Crippen LogP contribution >= 0.6 is 0 Å².